The molecule has 0 fully saturated rings. The third-order valence-electron chi connectivity index (χ3n) is 5.62. The van der Waals surface area contributed by atoms with Gasteiger partial charge in [-0.2, -0.15) is 0 Å². The Morgan fingerprint density at radius 3 is 1.56 bits per heavy atom. The van der Waals surface area contributed by atoms with Crippen LogP contribution >= 0.6 is 27.3 Å². The van der Waals surface area contributed by atoms with Crippen LogP contribution in [0.2, 0.25) is 0 Å². The Morgan fingerprint density at radius 2 is 1.04 bits per heavy atom. The van der Waals surface area contributed by atoms with Crippen molar-refractivity contribution in [1.82, 2.24) is 0 Å². The molecule has 0 N–H and O–H groups in total. The largest absolute Gasteiger partial charge is 0.131 e. The average Bonchev–Trinajstić information content (AvgIpc) is 3.26. The fourth-order valence-electron chi connectivity index (χ4n) is 4.78. The van der Waals surface area contributed by atoms with Crippen LogP contribution in [0.4, 0.5) is 0 Å². The minimum atomic E-state index is -0.171. The van der Waals surface area contributed by atoms with Crippen molar-refractivity contribution in [3.05, 3.63) is 104 Å². The Labute approximate surface area is 158 Å². The highest BCUT2D eigenvalue weighted by molar-refractivity contribution is 9.11. The molecule has 0 saturated heterocycles. The molecule has 0 atom stereocenters. The Morgan fingerprint density at radius 1 is 0.600 bits per heavy atom. The molecule has 118 valence electrons. The predicted molar refractivity (Wildman–Crippen MR) is 108 cm³/mol. The topological polar surface area (TPSA) is 0 Å². The maximum atomic E-state index is 3.74. The Bertz CT molecular complexity index is 1120. The van der Waals surface area contributed by atoms with E-state index in [1.165, 1.54) is 47.6 Å². The number of thiophene rings is 1. The predicted octanol–water partition coefficient (Wildman–Crippen LogP) is 6.85. The van der Waals surface area contributed by atoms with Crippen LogP contribution in [0.1, 0.15) is 21.6 Å². The van der Waals surface area contributed by atoms with Crippen LogP contribution in [0.5, 0.6) is 0 Å². The second kappa shape index (κ2) is 4.72. The summed E-state index contributed by atoms with van der Waals surface area (Å²) < 4.78 is 1.20. The zero-order valence-corrected chi connectivity index (χ0v) is 15.7. The smallest absolute Gasteiger partial charge is 0.0819 e. The normalized spacial score (nSPS) is 14.9. The van der Waals surface area contributed by atoms with Gasteiger partial charge in [0, 0.05) is 4.88 Å². The van der Waals surface area contributed by atoms with Gasteiger partial charge in [0.2, 0.25) is 0 Å². The second-order valence-electron chi connectivity index (χ2n) is 6.68. The van der Waals surface area contributed by atoms with Gasteiger partial charge in [0.15, 0.2) is 0 Å². The summed E-state index contributed by atoms with van der Waals surface area (Å²) in [5, 5.41) is 0. The van der Waals surface area contributed by atoms with Crippen LogP contribution in [0.15, 0.2) is 82.6 Å². The van der Waals surface area contributed by atoms with Crippen LogP contribution in [0, 0.1) is 0 Å². The standard InChI is InChI=1S/C23H13BrS/c24-21-13-17-16-9-3-6-12-20(16)23(22(17)25-21)18-10-4-1-7-14(18)15-8-2-5-11-19(15)23/h1-13H. The first-order chi connectivity index (χ1) is 12.3. The first-order valence-electron chi connectivity index (χ1n) is 8.41. The van der Waals surface area contributed by atoms with E-state index in [2.05, 4.69) is 94.8 Å². The van der Waals surface area contributed by atoms with Crippen molar-refractivity contribution in [3.63, 3.8) is 0 Å². The van der Waals surface area contributed by atoms with Gasteiger partial charge in [0.25, 0.3) is 0 Å². The summed E-state index contributed by atoms with van der Waals surface area (Å²) >= 11 is 5.61. The van der Waals surface area contributed by atoms with E-state index in [0.717, 1.165) is 0 Å². The highest BCUT2D eigenvalue weighted by Crippen LogP contribution is 2.64. The minimum absolute atomic E-state index is 0.171. The molecule has 0 saturated carbocycles. The van der Waals surface area contributed by atoms with Gasteiger partial charge in [-0.3, -0.25) is 0 Å². The van der Waals surface area contributed by atoms with Crippen LogP contribution in [-0.4, -0.2) is 0 Å². The molecular weight excluding hydrogens is 388 g/mol. The van der Waals surface area contributed by atoms with Crippen molar-refractivity contribution in [2.24, 2.45) is 0 Å². The van der Waals surface area contributed by atoms with Gasteiger partial charge in [-0.1, -0.05) is 72.8 Å². The van der Waals surface area contributed by atoms with Crippen molar-refractivity contribution >= 4 is 27.3 Å². The molecule has 2 heteroatoms. The number of fused-ring (bicyclic) bond motifs is 10. The summed E-state index contributed by atoms with van der Waals surface area (Å²) in [6.07, 6.45) is 0. The molecule has 4 aromatic rings. The van der Waals surface area contributed by atoms with E-state index in [1.807, 2.05) is 11.3 Å². The monoisotopic (exact) mass is 400 g/mol. The highest BCUT2D eigenvalue weighted by atomic mass is 79.9. The van der Waals surface area contributed by atoms with E-state index >= 15 is 0 Å². The van der Waals surface area contributed by atoms with Crippen molar-refractivity contribution in [2.75, 3.05) is 0 Å². The summed E-state index contributed by atoms with van der Waals surface area (Å²) in [6, 6.07) is 29.0. The lowest BCUT2D eigenvalue weighted by atomic mass is 9.74. The average molecular weight is 401 g/mol. The second-order valence-corrected chi connectivity index (χ2v) is 9.11. The van der Waals surface area contributed by atoms with Crippen molar-refractivity contribution in [2.45, 2.75) is 5.41 Å². The molecule has 2 aliphatic rings. The summed E-state index contributed by atoms with van der Waals surface area (Å²) in [4.78, 5) is 1.44. The lowest BCUT2D eigenvalue weighted by molar-refractivity contribution is 0.811. The zero-order chi connectivity index (χ0) is 16.6. The molecule has 0 bridgehead atoms. The lowest BCUT2D eigenvalue weighted by Gasteiger charge is -2.29. The van der Waals surface area contributed by atoms with E-state index in [9.17, 15) is 0 Å². The van der Waals surface area contributed by atoms with Crippen molar-refractivity contribution < 1.29 is 0 Å². The van der Waals surface area contributed by atoms with Gasteiger partial charge in [0.1, 0.15) is 0 Å². The van der Waals surface area contributed by atoms with E-state index in [1.54, 1.807) is 0 Å². The van der Waals surface area contributed by atoms with Gasteiger partial charge in [0.05, 0.1) is 9.20 Å². The van der Waals surface area contributed by atoms with Gasteiger partial charge in [-0.05, 0) is 60.9 Å². The maximum Gasteiger partial charge on any atom is 0.0819 e. The SMILES string of the molecule is Brc1cc2c(s1)C1(c3ccccc3-c3ccccc31)c1ccccc1-2. The third-order valence-corrected chi connectivity index (χ3v) is 7.37. The van der Waals surface area contributed by atoms with Crippen LogP contribution in [0.25, 0.3) is 22.3 Å². The number of benzene rings is 3. The van der Waals surface area contributed by atoms with E-state index in [-0.39, 0.29) is 5.41 Å². The highest BCUT2D eigenvalue weighted by Gasteiger charge is 2.52. The van der Waals surface area contributed by atoms with Gasteiger partial charge in [-0.25, -0.2) is 0 Å². The number of hydrogen-bond acceptors (Lipinski definition) is 1. The van der Waals surface area contributed by atoms with Crippen molar-refractivity contribution in [1.29, 1.82) is 0 Å². The molecule has 0 nitrogen and oxygen atoms in total. The first kappa shape index (κ1) is 14.1. The molecule has 3 aromatic carbocycles. The zero-order valence-electron chi connectivity index (χ0n) is 13.3. The minimum Gasteiger partial charge on any atom is -0.131 e. The molecule has 0 amide bonds. The summed E-state index contributed by atoms with van der Waals surface area (Å²) in [5.41, 5.74) is 9.55. The molecule has 25 heavy (non-hydrogen) atoms. The Kier molecular flexibility index (Phi) is 2.65. The fourth-order valence-corrected chi connectivity index (χ4v) is 6.62. The van der Waals surface area contributed by atoms with E-state index < -0.39 is 0 Å². The van der Waals surface area contributed by atoms with Crippen LogP contribution in [-0.2, 0) is 5.41 Å². The molecule has 0 aliphatic heterocycles. The molecular formula is C23H13BrS. The quantitative estimate of drug-likeness (QED) is 0.261. The summed E-state index contributed by atoms with van der Waals surface area (Å²) in [7, 11) is 0. The third kappa shape index (κ3) is 1.53. The molecule has 0 unspecified atom stereocenters. The number of rotatable bonds is 0. The molecule has 0 radical (unpaired) electrons. The van der Waals surface area contributed by atoms with Crippen LogP contribution < -0.4 is 0 Å². The molecule has 6 rings (SSSR count). The summed E-state index contributed by atoms with van der Waals surface area (Å²) in [5.74, 6) is 0. The van der Waals surface area contributed by atoms with Gasteiger partial charge in [-0.15, -0.1) is 11.3 Å². The first-order valence-corrected chi connectivity index (χ1v) is 10.0. The maximum absolute atomic E-state index is 3.74. The number of hydrogen-bond donors (Lipinski definition) is 0. The van der Waals surface area contributed by atoms with Gasteiger partial charge < -0.3 is 0 Å². The van der Waals surface area contributed by atoms with Gasteiger partial charge >= 0.3 is 0 Å². The van der Waals surface area contributed by atoms with Crippen molar-refractivity contribution in [3.8, 4) is 22.3 Å². The molecule has 1 spiro atoms. The lowest BCUT2D eigenvalue weighted by Crippen LogP contribution is -2.24. The van der Waals surface area contributed by atoms with Crippen LogP contribution in [0.3, 0.4) is 0 Å². The Hall–Kier alpha value is -2.16. The summed E-state index contributed by atoms with van der Waals surface area (Å²) in [6.45, 7) is 0. The number of halogens is 1. The molecule has 1 aromatic heterocycles. The Balaban J connectivity index is 1.88. The van der Waals surface area contributed by atoms with E-state index in [0.29, 0.717) is 0 Å². The fraction of sp³-hybridized carbons (Fsp3) is 0.0435. The molecule has 1 heterocycles. The molecule has 2 aliphatic carbocycles. The van der Waals surface area contributed by atoms with E-state index in [4.69, 9.17) is 0 Å².